The van der Waals surface area contributed by atoms with Crippen molar-refractivity contribution in [2.45, 2.75) is 6.92 Å². The first kappa shape index (κ1) is 36.3. The van der Waals surface area contributed by atoms with Crippen molar-refractivity contribution in [3.63, 3.8) is 0 Å². The zero-order valence-corrected chi connectivity index (χ0v) is 20.2. The summed E-state index contributed by atoms with van der Waals surface area (Å²) in [5, 5.41) is 34.9. The number of carbonyl (C=O) groups excluding carboxylic acids is 2. The maximum absolute atomic E-state index is 12.5. The maximum Gasteiger partial charge on any atom is 0.338 e. The highest BCUT2D eigenvalue weighted by molar-refractivity contribution is 5.94. The van der Waals surface area contributed by atoms with Crippen molar-refractivity contribution in [2.75, 3.05) is 6.61 Å². The number of nitrogens with two attached hydrogens (primary N) is 3. The lowest BCUT2D eigenvalue weighted by Gasteiger charge is -2.01. The minimum absolute atomic E-state index is 0. The number of rotatable bonds is 4. The summed E-state index contributed by atoms with van der Waals surface area (Å²) in [7, 11) is 0. The van der Waals surface area contributed by atoms with Crippen molar-refractivity contribution in [1.82, 2.24) is 5.43 Å². The van der Waals surface area contributed by atoms with E-state index < -0.39 is 52.5 Å². The number of ether oxygens (including phenoxy) is 1. The Morgan fingerprint density at radius 1 is 0.769 bits per heavy atom. The highest BCUT2D eigenvalue weighted by Gasteiger charge is 2.09. The van der Waals surface area contributed by atoms with Gasteiger partial charge >= 0.3 is 11.9 Å². The first-order chi connectivity index (χ1) is 17.9. The third-order valence-electron chi connectivity index (χ3n) is 3.99. The molecule has 3 rings (SSSR count). The number of hydrazine groups is 2. The van der Waals surface area contributed by atoms with Crippen molar-refractivity contribution in [3.05, 3.63) is 88.7 Å². The second-order valence-corrected chi connectivity index (χ2v) is 6.50. The summed E-state index contributed by atoms with van der Waals surface area (Å²) < 4.78 is 42.0. The van der Waals surface area contributed by atoms with Crippen molar-refractivity contribution in [2.24, 2.45) is 17.5 Å². The normalized spacial score (nSPS) is 9.00. The van der Waals surface area contributed by atoms with Gasteiger partial charge in [-0.05, 0) is 61.5 Å². The van der Waals surface area contributed by atoms with Crippen molar-refractivity contribution < 1.29 is 58.2 Å². The van der Waals surface area contributed by atoms with Crippen LogP contribution in [0.1, 0.15) is 38.0 Å². The fourth-order valence-corrected chi connectivity index (χ4v) is 2.24. The Balaban J connectivity index is 0. The van der Waals surface area contributed by atoms with Crippen LogP contribution < -0.4 is 23.0 Å². The number of carboxylic acids is 1. The van der Waals surface area contributed by atoms with Gasteiger partial charge in [-0.3, -0.25) is 21.9 Å². The molecule has 13 nitrogen and oxygen atoms in total. The fourth-order valence-electron chi connectivity index (χ4n) is 2.24. The predicted octanol–water partition coefficient (Wildman–Crippen LogP) is 1.07. The Morgan fingerprint density at radius 3 is 1.49 bits per heavy atom. The van der Waals surface area contributed by atoms with Gasteiger partial charge in [-0.2, -0.15) is 0 Å². The van der Waals surface area contributed by atoms with Gasteiger partial charge in [-0.15, -0.1) is 0 Å². The molecule has 3 aromatic rings. The molecule has 0 saturated heterocycles. The molecule has 0 atom stereocenters. The minimum atomic E-state index is -1.19. The molecule has 0 unspecified atom stereocenters. The summed E-state index contributed by atoms with van der Waals surface area (Å²) >= 11 is 0. The number of benzene rings is 3. The van der Waals surface area contributed by atoms with E-state index in [0.717, 1.165) is 42.5 Å². The molecule has 0 spiro atoms. The zero-order chi connectivity index (χ0) is 29.4. The molecule has 39 heavy (non-hydrogen) atoms. The minimum Gasteiger partial charge on any atom is -0.505 e. The number of aromatic carboxylic acids is 1. The molecule has 16 heteroatoms. The van der Waals surface area contributed by atoms with Crippen LogP contribution in [0.15, 0.2) is 54.6 Å². The van der Waals surface area contributed by atoms with E-state index in [9.17, 15) is 27.6 Å². The lowest BCUT2D eigenvalue weighted by Crippen LogP contribution is -2.29. The number of phenolic OH excluding ortho intramolecular Hbond substituents is 3. The van der Waals surface area contributed by atoms with Gasteiger partial charge in [0.15, 0.2) is 34.7 Å². The molecule has 0 aromatic heterocycles. The van der Waals surface area contributed by atoms with Crippen LogP contribution in [0.5, 0.6) is 17.2 Å². The van der Waals surface area contributed by atoms with Crippen molar-refractivity contribution in [3.8, 4) is 17.2 Å². The topological polar surface area (TPSA) is 263 Å². The van der Waals surface area contributed by atoms with Crippen LogP contribution in [-0.2, 0) is 4.74 Å². The molecule has 0 heterocycles. The number of carbonyl (C=O) groups is 3. The molecule has 214 valence electrons. The summed E-state index contributed by atoms with van der Waals surface area (Å²) in [5.41, 5.74) is 1.97. The Hall–Kier alpha value is -4.90. The number of nitrogens with one attached hydrogen (secondary N) is 1. The van der Waals surface area contributed by atoms with Crippen LogP contribution in [0.3, 0.4) is 0 Å². The van der Waals surface area contributed by atoms with Crippen LogP contribution in [0.25, 0.3) is 0 Å². The van der Waals surface area contributed by atoms with E-state index in [1.807, 2.05) is 5.43 Å². The average Bonchev–Trinajstić information content (AvgIpc) is 2.90. The molecule has 1 amide bonds. The number of hydrogen-bond acceptors (Lipinski definition) is 10. The van der Waals surface area contributed by atoms with Gasteiger partial charge in [0.05, 0.1) is 17.7 Å². The van der Waals surface area contributed by atoms with E-state index >= 15 is 0 Å². The Kier molecular flexibility index (Phi) is 17.1. The number of nitrogen functional groups attached to an aromatic ring is 1. The van der Waals surface area contributed by atoms with Crippen LogP contribution in [0.4, 0.5) is 13.2 Å². The van der Waals surface area contributed by atoms with Gasteiger partial charge in [-0.1, -0.05) is 0 Å². The number of esters is 1. The Labute approximate surface area is 219 Å². The Bertz CT molecular complexity index is 1250. The van der Waals surface area contributed by atoms with E-state index in [1.54, 1.807) is 6.92 Å². The quantitative estimate of drug-likeness (QED) is 0.0967. The maximum atomic E-state index is 12.5. The average molecular weight is 560 g/mol. The first-order valence-electron chi connectivity index (χ1n) is 10.1. The number of aromatic hydroxyl groups is 3. The summed E-state index contributed by atoms with van der Waals surface area (Å²) in [6.07, 6.45) is 0. The standard InChI is InChI=1S/C9H9FO3.C7H7FN2O2.C7H5FO3.H4N2.H2O/c1-2-13-9(12)6-3-4-7(10)8(11)5-6;8-5-2-1-4(3-6(5)11)7(12)10-9;8-5-2-1-4(7(10)11)3-6(5)9;1-2;/h3-5,11H,2H2,1H3;1-3,11H,9H2,(H,10,12);1-3,9H,(H,10,11);1-2H2;1H2. The molecule has 0 saturated carbocycles. The van der Waals surface area contributed by atoms with Gasteiger partial charge in [-0.25, -0.2) is 28.6 Å². The zero-order valence-electron chi connectivity index (χ0n) is 20.2. The number of phenols is 3. The van der Waals surface area contributed by atoms with Gasteiger partial charge in [0.2, 0.25) is 0 Å². The van der Waals surface area contributed by atoms with Crippen molar-refractivity contribution in [1.29, 1.82) is 0 Å². The van der Waals surface area contributed by atoms with Gasteiger partial charge in [0.25, 0.3) is 5.91 Å². The summed E-state index contributed by atoms with van der Waals surface area (Å²) in [6, 6.07) is 9.35. The fraction of sp³-hybridized carbons (Fsp3) is 0.0870. The molecule has 3 aromatic carbocycles. The molecule has 0 aliphatic rings. The third-order valence-corrected chi connectivity index (χ3v) is 3.99. The second-order valence-electron chi connectivity index (χ2n) is 6.50. The van der Waals surface area contributed by atoms with E-state index in [4.69, 9.17) is 26.3 Å². The highest BCUT2D eigenvalue weighted by Crippen LogP contribution is 2.18. The van der Waals surface area contributed by atoms with Gasteiger partial charge in [0, 0.05) is 5.56 Å². The number of halogens is 3. The molecule has 0 fully saturated rings. The predicted molar refractivity (Wildman–Crippen MR) is 131 cm³/mol. The first-order valence-corrected chi connectivity index (χ1v) is 10.1. The summed E-state index contributed by atoms with van der Waals surface area (Å²) in [6.45, 7) is 1.91. The molecule has 13 N–H and O–H groups in total. The van der Waals surface area contributed by atoms with Gasteiger partial charge < -0.3 is 30.6 Å². The molecular weight excluding hydrogens is 533 g/mol. The van der Waals surface area contributed by atoms with Crippen LogP contribution in [0, 0.1) is 17.5 Å². The lowest BCUT2D eigenvalue weighted by atomic mass is 10.2. The smallest absolute Gasteiger partial charge is 0.338 e. The van der Waals surface area contributed by atoms with E-state index in [2.05, 4.69) is 16.4 Å². The molecular formula is C23H27F3N4O9. The van der Waals surface area contributed by atoms with E-state index in [-0.39, 0.29) is 28.8 Å². The lowest BCUT2D eigenvalue weighted by molar-refractivity contribution is 0.0525. The summed E-state index contributed by atoms with van der Waals surface area (Å²) in [5.74, 6) is 6.35. The molecule has 0 radical (unpaired) electrons. The van der Waals surface area contributed by atoms with Crippen LogP contribution in [0.2, 0.25) is 0 Å². The van der Waals surface area contributed by atoms with Crippen LogP contribution >= 0.6 is 0 Å². The van der Waals surface area contributed by atoms with E-state index in [0.29, 0.717) is 0 Å². The Morgan fingerprint density at radius 2 is 1.13 bits per heavy atom. The van der Waals surface area contributed by atoms with Gasteiger partial charge in [0.1, 0.15) is 0 Å². The number of amides is 1. The second kappa shape index (κ2) is 18.4. The molecule has 0 bridgehead atoms. The number of carboxylic acid groups (broad SMARTS) is 1. The largest absolute Gasteiger partial charge is 0.505 e. The van der Waals surface area contributed by atoms with Crippen LogP contribution in [-0.4, -0.2) is 50.4 Å². The number of hydrogen-bond donors (Lipinski definition) is 8. The molecule has 0 aliphatic carbocycles. The van der Waals surface area contributed by atoms with Crippen molar-refractivity contribution >= 4 is 17.8 Å². The third kappa shape index (κ3) is 12.3. The summed E-state index contributed by atoms with van der Waals surface area (Å²) in [4.78, 5) is 32.1. The van der Waals surface area contributed by atoms with E-state index in [1.165, 1.54) is 12.1 Å². The SMILES string of the molecule is CCOC(=O)c1ccc(F)c(O)c1.NN.NNC(=O)c1ccc(F)c(O)c1.O.O=C(O)c1ccc(F)c(O)c1. The monoisotopic (exact) mass is 560 g/mol. The molecule has 0 aliphatic heterocycles. The highest BCUT2D eigenvalue weighted by atomic mass is 19.1.